The molecule has 0 fully saturated rings. The van der Waals surface area contributed by atoms with Gasteiger partial charge in [0.25, 0.3) is 0 Å². The Morgan fingerprint density at radius 2 is 2.23 bits per heavy atom. The molecule has 1 aliphatic heterocycles. The van der Waals surface area contributed by atoms with Crippen molar-refractivity contribution in [2.75, 3.05) is 33.1 Å². The van der Waals surface area contributed by atoms with Gasteiger partial charge in [-0.25, -0.2) is 4.99 Å². The Labute approximate surface area is 132 Å². The second kappa shape index (κ2) is 7.29. The number of anilines is 1. The van der Waals surface area contributed by atoms with Crippen LogP contribution in [0.15, 0.2) is 41.5 Å². The Morgan fingerprint density at radius 3 is 2.95 bits per heavy atom. The van der Waals surface area contributed by atoms with Gasteiger partial charge in [0.05, 0.1) is 7.11 Å². The first kappa shape index (κ1) is 16.3. The van der Waals surface area contributed by atoms with Crippen molar-refractivity contribution >= 4 is 11.6 Å². The summed E-state index contributed by atoms with van der Waals surface area (Å²) in [6.07, 6.45) is 5.53. The minimum atomic E-state index is -0.664. The fourth-order valence-corrected chi connectivity index (χ4v) is 2.26. The van der Waals surface area contributed by atoms with Crippen molar-refractivity contribution in [2.24, 2.45) is 10.7 Å². The van der Waals surface area contributed by atoms with E-state index in [9.17, 15) is 0 Å². The van der Waals surface area contributed by atoms with Crippen molar-refractivity contribution in [3.05, 3.63) is 36.5 Å². The highest BCUT2D eigenvalue weighted by molar-refractivity contribution is 5.95. The van der Waals surface area contributed by atoms with Gasteiger partial charge in [0.2, 0.25) is 5.96 Å². The van der Waals surface area contributed by atoms with Crippen molar-refractivity contribution in [1.82, 2.24) is 10.2 Å². The number of ether oxygens (including phenoxy) is 1. The molecule has 22 heavy (non-hydrogen) atoms. The molecule has 6 heteroatoms. The van der Waals surface area contributed by atoms with Crippen molar-refractivity contribution in [2.45, 2.75) is 18.5 Å². The van der Waals surface area contributed by atoms with Crippen LogP contribution in [-0.2, 0) is 0 Å². The molecule has 1 aromatic carbocycles. The number of nitrogens with zero attached hydrogens (tertiary/aromatic N) is 2. The van der Waals surface area contributed by atoms with Crippen molar-refractivity contribution < 1.29 is 4.74 Å². The standard InChI is InChI=1S/C16H25N5O/c1-21(2)11-5-8-16(17)9-10-18-15(20-16)19-13-6-4-7-14(12-13)22-3/h4,6-7,9-10,12H,5,8,11,17H2,1-3H3,(H2,18,19,20). The first-order chi connectivity index (χ1) is 10.5. The first-order valence-electron chi connectivity index (χ1n) is 7.39. The van der Waals surface area contributed by atoms with E-state index in [2.05, 4.69) is 34.6 Å². The molecule has 0 bridgehead atoms. The van der Waals surface area contributed by atoms with Crippen LogP contribution in [-0.4, -0.2) is 44.3 Å². The molecule has 1 atom stereocenters. The summed E-state index contributed by atoms with van der Waals surface area (Å²) in [5, 5.41) is 6.31. The van der Waals surface area contributed by atoms with Gasteiger partial charge in [0, 0.05) is 18.0 Å². The lowest BCUT2D eigenvalue weighted by atomic mass is 10.0. The minimum absolute atomic E-state index is 0.642. The Morgan fingerprint density at radius 1 is 1.41 bits per heavy atom. The zero-order valence-corrected chi connectivity index (χ0v) is 13.5. The highest BCUT2D eigenvalue weighted by Crippen LogP contribution is 2.19. The topological polar surface area (TPSA) is 74.9 Å². The molecule has 1 unspecified atom stereocenters. The second-order valence-corrected chi connectivity index (χ2v) is 5.69. The molecule has 0 radical (unpaired) electrons. The summed E-state index contributed by atoms with van der Waals surface area (Å²) < 4.78 is 5.22. The summed E-state index contributed by atoms with van der Waals surface area (Å²) >= 11 is 0. The number of aliphatic imine (C=N–C) groups is 1. The number of benzene rings is 1. The lowest BCUT2D eigenvalue weighted by molar-refractivity contribution is 0.367. The Bertz CT molecular complexity index is 555. The Kier molecular flexibility index (Phi) is 5.41. The zero-order chi connectivity index (χ0) is 16.0. The highest BCUT2D eigenvalue weighted by Gasteiger charge is 2.23. The SMILES string of the molecule is COc1cccc(NC2=NC(N)(CCCN(C)C)C=CN2)c1. The summed E-state index contributed by atoms with van der Waals surface area (Å²) in [5.41, 5.74) is 6.58. The normalized spacial score (nSPS) is 20.5. The maximum Gasteiger partial charge on any atom is 0.202 e. The number of hydrogen-bond donors (Lipinski definition) is 3. The molecule has 6 nitrogen and oxygen atoms in total. The van der Waals surface area contributed by atoms with Gasteiger partial charge in [0.1, 0.15) is 11.4 Å². The molecule has 0 saturated heterocycles. The predicted molar refractivity (Wildman–Crippen MR) is 91.0 cm³/mol. The summed E-state index contributed by atoms with van der Waals surface area (Å²) in [6.45, 7) is 0.994. The summed E-state index contributed by atoms with van der Waals surface area (Å²) in [7, 11) is 5.76. The van der Waals surface area contributed by atoms with Gasteiger partial charge in [0.15, 0.2) is 0 Å². The summed E-state index contributed by atoms with van der Waals surface area (Å²) in [6, 6.07) is 7.69. The molecule has 4 N–H and O–H groups in total. The van der Waals surface area contributed by atoms with Crippen LogP contribution < -0.4 is 21.1 Å². The molecular weight excluding hydrogens is 278 g/mol. The fourth-order valence-electron chi connectivity index (χ4n) is 2.26. The molecule has 1 heterocycles. The van der Waals surface area contributed by atoms with Gasteiger partial charge < -0.3 is 26.0 Å². The number of hydrogen-bond acceptors (Lipinski definition) is 6. The molecule has 0 aliphatic carbocycles. The monoisotopic (exact) mass is 303 g/mol. The van der Waals surface area contributed by atoms with E-state index in [0.29, 0.717) is 5.96 Å². The van der Waals surface area contributed by atoms with Crippen LogP contribution in [0.2, 0.25) is 0 Å². The van der Waals surface area contributed by atoms with Gasteiger partial charge in [-0.2, -0.15) is 0 Å². The van der Waals surface area contributed by atoms with E-state index in [1.807, 2.05) is 36.5 Å². The average Bonchev–Trinajstić information content (AvgIpc) is 2.47. The Hall–Kier alpha value is -2.05. The zero-order valence-electron chi connectivity index (χ0n) is 13.5. The highest BCUT2D eigenvalue weighted by atomic mass is 16.5. The van der Waals surface area contributed by atoms with Gasteiger partial charge in [-0.1, -0.05) is 6.07 Å². The van der Waals surface area contributed by atoms with E-state index >= 15 is 0 Å². The van der Waals surface area contributed by atoms with Gasteiger partial charge in [-0.15, -0.1) is 0 Å². The average molecular weight is 303 g/mol. The quantitative estimate of drug-likeness (QED) is 0.744. The van der Waals surface area contributed by atoms with E-state index in [0.717, 1.165) is 30.8 Å². The second-order valence-electron chi connectivity index (χ2n) is 5.69. The number of rotatable bonds is 6. The van der Waals surface area contributed by atoms with Crippen LogP contribution in [0, 0.1) is 0 Å². The van der Waals surface area contributed by atoms with Gasteiger partial charge in [-0.3, -0.25) is 0 Å². The molecule has 120 valence electrons. The van der Waals surface area contributed by atoms with Gasteiger partial charge in [-0.05, 0) is 51.7 Å². The largest absolute Gasteiger partial charge is 0.497 e. The molecule has 1 aromatic rings. The molecule has 0 spiro atoms. The maximum absolute atomic E-state index is 6.35. The summed E-state index contributed by atoms with van der Waals surface area (Å²) in [4.78, 5) is 6.73. The smallest absolute Gasteiger partial charge is 0.202 e. The van der Waals surface area contributed by atoms with E-state index < -0.39 is 5.66 Å². The van der Waals surface area contributed by atoms with Crippen LogP contribution in [0.5, 0.6) is 5.75 Å². The summed E-state index contributed by atoms with van der Waals surface area (Å²) in [5.74, 6) is 1.44. The fraction of sp³-hybridized carbons (Fsp3) is 0.438. The number of nitrogens with two attached hydrogens (primary N) is 1. The van der Waals surface area contributed by atoms with Crippen LogP contribution in [0.3, 0.4) is 0 Å². The molecule has 2 rings (SSSR count). The lowest BCUT2D eigenvalue weighted by Gasteiger charge is -2.27. The molecule has 0 saturated carbocycles. The van der Waals surface area contributed by atoms with Crippen LogP contribution in [0.1, 0.15) is 12.8 Å². The third-order valence-corrected chi connectivity index (χ3v) is 3.43. The van der Waals surface area contributed by atoms with Crippen LogP contribution in [0.25, 0.3) is 0 Å². The minimum Gasteiger partial charge on any atom is -0.497 e. The third kappa shape index (κ3) is 4.75. The predicted octanol–water partition coefficient (Wildman–Crippen LogP) is 1.58. The molecule has 0 amide bonds. The van der Waals surface area contributed by atoms with E-state index in [1.54, 1.807) is 7.11 Å². The van der Waals surface area contributed by atoms with Crippen molar-refractivity contribution in [3.63, 3.8) is 0 Å². The maximum atomic E-state index is 6.35. The number of guanidine groups is 1. The van der Waals surface area contributed by atoms with Crippen LogP contribution >= 0.6 is 0 Å². The van der Waals surface area contributed by atoms with Crippen molar-refractivity contribution in [3.8, 4) is 5.75 Å². The molecule has 0 aromatic heterocycles. The van der Waals surface area contributed by atoms with E-state index in [1.165, 1.54) is 0 Å². The van der Waals surface area contributed by atoms with Crippen molar-refractivity contribution in [1.29, 1.82) is 0 Å². The lowest BCUT2D eigenvalue weighted by Crippen LogP contribution is -2.44. The third-order valence-electron chi connectivity index (χ3n) is 3.43. The van der Waals surface area contributed by atoms with Gasteiger partial charge >= 0.3 is 0 Å². The Balaban J connectivity index is 2.01. The number of methoxy groups -OCH3 is 1. The van der Waals surface area contributed by atoms with Crippen LogP contribution in [0.4, 0.5) is 5.69 Å². The first-order valence-corrected chi connectivity index (χ1v) is 7.39. The molecule has 1 aliphatic rings. The molecular formula is C16H25N5O. The van der Waals surface area contributed by atoms with E-state index in [-0.39, 0.29) is 0 Å². The number of nitrogens with one attached hydrogen (secondary N) is 2. The van der Waals surface area contributed by atoms with E-state index in [4.69, 9.17) is 10.5 Å².